The summed E-state index contributed by atoms with van der Waals surface area (Å²) < 4.78 is 10.4. The first-order valence-electron chi connectivity index (χ1n) is 9.19. The third-order valence-electron chi connectivity index (χ3n) is 4.89. The number of furan rings is 1. The van der Waals surface area contributed by atoms with E-state index in [0.717, 1.165) is 12.8 Å². The first-order chi connectivity index (χ1) is 13.7. The second-order valence-corrected chi connectivity index (χ2v) is 6.74. The molecule has 0 bridgehead atoms. The molecule has 3 aromatic rings. The van der Waals surface area contributed by atoms with Crippen molar-refractivity contribution in [1.82, 2.24) is 20.4 Å². The molecule has 0 saturated carbocycles. The topological polar surface area (TPSA) is 101 Å². The van der Waals surface area contributed by atoms with Gasteiger partial charge in [-0.25, -0.2) is 0 Å². The van der Waals surface area contributed by atoms with Crippen molar-refractivity contribution >= 4 is 11.8 Å². The molecule has 1 N–H and O–H groups in total. The van der Waals surface area contributed by atoms with E-state index in [-0.39, 0.29) is 17.5 Å². The van der Waals surface area contributed by atoms with Crippen LogP contribution in [-0.4, -0.2) is 46.5 Å². The number of likely N-dealkylation sites (tertiary alicyclic amines) is 1. The predicted octanol–water partition coefficient (Wildman–Crippen LogP) is 2.61. The lowest BCUT2D eigenvalue weighted by Crippen LogP contribution is -2.41. The molecule has 3 aromatic heterocycles. The number of aromatic nitrogens is 2. The van der Waals surface area contributed by atoms with Gasteiger partial charge in [-0.15, -0.1) is 0 Å². The van der Waals surface area contributed by atoms with Gasteiger partial charge in [-0.1, -0.05) is 5.16 Å². The zero-order valence-corrected chi connectivity index (χ0v) is 15.2. The maximum Gasteiger partial charge on any atom is 0.273 e. The van der Waals surface area contributed by atoms with Crippen molar-refractivity contribution < 1.29 is 18.5 Å². The molecule has 0 unspecified atom stereocenters. The number of carbonyl (C=O) groups excluding carboxylic acids is 2. The summed E-state index contributed by atoms with van der Waals surface area (Å²) in [7, 11) is 0. The molecule has 8 heteroatoms. The first kappa shape index (κ1) is 18.0. The fraction of sp³-hybridized carbons (Fsp3) is 0.300. The van der Waals surface area contributed by atoms with Crippen molar-refractivity contribution in [2.24, 2.45) is 5.92 Å². The first-order valence-corrected chi connectivity index (χ1v) is 9.19. The van der Waals surface area contributed by atoms with Gasteiger partial charge < -0.3 is 19.2 Å². The fourth-order valence-electron chi connectivity index (χ4n) is 3.26. The zero-order valence-electron chi connectivity index (χ0n) is 15.2. The highest BCUT2D eigenvalue weighted by Gasteiger charge is 2.24. The van der Waals surface area contributed by atoms with E-state index in [4.69, 9.17) is 8.94 Å². The van der Waals surface area contributed by atoms with Crippen LogP contribution in [0, 0.1) is 5.92 Å². The molecule has 0 spiro atoms. The third-order valence-corrected chi connectivity index (χ3v) is 4.89. The third kappa shape index (κ3) is 3.95. The van der Waals surface area contributed by atoms with E-state index >= 15 is 0 Å². The van der Waals surface area contributed by atoms with Gasteiger partial charge in [0.25, 0.3) is 11.8 Å². The van der Waals surface area contributed by atoms with Gasteiger partial charge in [0.1, 0.15) is 0 Å². The molecule has 1 fully saturated rings. The molecule has 0 aliphatic carbocycles. The number of pyridine rings is 1. The van der Waals surface area contributed by atoms with E-state index in [2.05, 4.69) is 15.5 Å². The summed E-state index contributed by atoms with van der Waals surface area (Å²) in [6.45, 7) is 1.89. The van der Waals surface area contributed by atoms with Crippen molar-refractivity contribution in [2.75, 3.05) is 19.6 Å². The Labute approximate surface area is 161 Å². The van der Waals surface area contributed by atoms with E-state index in [9.17, 15) is 9.59 Å². The van der Waals surface area contributed by atoms with Crippen LogP contribution in [0.4, 0.5) is 0 Å². The second kappa shape index (κ2) is 8.08. The van der Waals surface area contributed by atoms with Gasteiger partial charge in [-0.3, -0.25) is 14.6 Å². The average molecular weight is 380 g/mol. The number of hydrogen-bond acceptors (Lipinski definition) is 6. The fourth-order valence-corrected chi connectivity index (χ4v) is 3.26. The van der Waals surface area contributed by atoms with Crippen LogP contribution < -0.4 is 5.32 Å². The number of carbonyl (C=O) groups is 2. The maximum absolute atomic E-state index is 12.5. The van der Waals surface area contributed by atoms with Crippen molar-refractivity contribution in [2.45, 2.75) is 12.8 Å². The Morgan fingerprint density at radius 3 is 2.64 bits per heavy atom. The SMILES string of the molecule is O=C(NCC1CCN(C(=O)c2ccncc2)CC1)c1cc(-c2ccco2)on1. The molecule has 0 radical (unpaired) electrons. The average Bonchev–Trinajstić information content (AvgIpc) is 3.44. The largest absolute Gasteiger partial charge is 0.461 e. The van der Waals surface area contributed by atoms with Crippen LogP contribution in [0.5, 0.6) is 0 Å². The highest BCUT2D eigenvalue weighted by atomic mass is 16.5. The van der Waals surface area contributed by atoms with Crippen LogP contribution in [-0.2, 0) is 0 Å². The molecule has 2 amide bonds. The predicted molar refractivity (Wildman–Crippen MR) is 99.4 cm³/mol. The van der Waals surface area contributed by atoms with E-state index in [1.165, 1.54) is 6.26 Å². The summed E-state index contributed by atoms with van der Waals surface area (Å²) in [5, 5.41) is 6.70. The summed E-state index contributed by atoms with van der Waals surface area (Å²) in [5.74, 6) is 1.01. The summed E-state index contributed by atoms with van der Waals surface area (Å²) in [6.07, 6.45) is 6.46. The minimum atomic E-state index is -0.281. The molecule has 0 aromatic carbocycles. The van der Waals surface area contributed by atoms with Gasteiger partial charge in [0.05, 0.1) is 6.26 Å². The molecule has 1 saturated heterocycles. The molecule has 0 atom stereocenters. The number of piperidine rings is 1. The molecular formula is C20H20N4O4. The lowest BCUT2D eigenvalue weighted by molar-refractivity contribution is 0.0684. The van der Waals surface area contributed by atoms with Gasteiger partial charge in [-0.05, 0) is 43.0 Å². The molecule has 28 heavy (non-hydrogen) atoms. The minimum Gasteiger partial charge on any atom is -0.461 e. The quantitative estimate of drug-likeness (QED) is 0.730. The Bertz CT molecular complexity index is 928. The van der Waals surface area contributed by atoms with Crippen molar-refractivity contribution in [1.29, 1.82) is 0 Å². The second-order valence-electron chi connectivity index (χ2n) is 6.74. The van der Waals surface area contributed by atoms with E-state index in [1.54, 1.807) is 42.7 Å². The van der Waals surface area contributed by atoms with Gasteiger partial charge in [0.15, 0.2) is 11.5 Å². The molecule has 1 aliphatic heterocycles. The molecule has 144 valence electrons. The Morgan fingerprint density at radius 1 is 1.14 bits per heavy atom. The van der Waals surface area contributed by atoms with Crippen LogP contribution in [0.2, 0.25) is 0 Å². The number of rotatable bonds is 5. The summed E-state index contributed by atoms with van der Waals surface area (Å²) in [4.78, 5) is 30.5. The van der Waals surface area contributed by atoms with Gasteiger partial charge in [-0.2, -0.15) is 0 Å². The number of amides is 2. The standard InChI is InChI=1S/C20H20N4O4/c25-19(16-12-18(28-23-16)17-2-1-11-27-17)22-13-14-5-9-24(10-6-14)20(26)15-3-7-21-8-4-15/h1-4,7-8,11-12,14H,5-6,9-10,13H2,(H,22,25). The summed E-state index contributed by atoms with van der Waals surface area (Å²) in [6, 6.07) is 8.49. The monoisotopic (exact) mass is 380 g/mol. The number of hydrogen-bond donors (Lipinski definition) is 1. The van der Waals surface area contributed by atoms with E-state index in [1.807, 2.05) is 4.90 Å². The van der Waals surface area contributed by atoms with Crippen molar-refractivity contribution in [3.63, 3.8) is 0 Å². The van der Waals surface area contributed by atoms with E-state index in [0.29, 0.717) is 42.6 Å². The minimum absolute atomic E-state index is 0.0259. The van der Waals surface area contributed by atoms with Crippen LogP contribution in [0.1, 0.15) is 33.7 Å². The van der Waals surface area contributed by atoms with Crippen LogP contribution in [0.25, 0.3) is 11.5 Å². The van der Waals surface area contributed by atoms with E-state index < -0.39 is 0 Å². The Morgan fingerprint density at radius 2 is 1.93 bits per heavy atom. The molecule has 4 heterocycles. The maximum atomic E-state index is 12.5. The number of nitrogens with zero attached hydrogens (tertiary/aromatic N) is 3. The van der Waals surface area contributed by atoms with Crippen molar-refractivity contribution in [3.8, 4) is 11.5 Å². The van der Waals surface area contributed by atoms with Gasteiger partial charge in [0, 0.05) is 43.7 Å². The molecule has 4 rings (SSSR count). The molecular weight excluding hydrogens is 360 g/mol. The zero-order chi connectivity index (χ0) is 19.3. The highest BCUT2D eigenvalue weighted by molar-refractivity contribution is 5.94. The number of nitrogens with one attached hydrogen (secondary N) is 1. The van der Waals surface area contributed by atoms with Crippen molar-refractivity contribution in [3.05, 3.63) is 60.2 Å². The Balaban J connectivity index is 1.25. The molecule has 8 nitrogen and oxygen atoms in total. The normalized spacial score (nSPS) is 14.8. The molecule has 1 aliphatic rings. The van der Waals surface area contributed by atoms with Crippen LogP contribution in [0.3, 0.4) is 0 Å². The lowest BCUT2D eigenvalue weighted by Gasteiger charge is -2.32. The lowest BCUT2D eigenvalue weighted by atomic mass is 9.96. The summed E-state index contributed by atoms with van der Waals surface area (Å²) >= 11 is 0. The van der Waals surface area contributed by atoms with Gasteiger partial charge >= 0.3 is 0 Å². The highest BCUT2D eigenvalue weighted by Crippen LogP contribution is 2.21. The summed E-state index contributed by atoms with van der Waals surface area (Å²) in [5.41, 5.74) is 0.872. The smallest absolute Gasteiger partial charge is 0.273 e. The van der Waals surface area contributed by atoms with Gasteiger partial charge in [0.2, 0.25) is 5.76 Å². The Hall–Kier alpha value is -3.42. The van der Waals surface area contributed by atoms with Crippen LogP contribution in [0.15, 0.2) is 57.9 Å². The Kier molecular flexibility index (Phi) is 5.18. The van der Waals surface area contributed by atoms with Crippen LogP contribution >= 0.6 is 0 Å².